The van der Waals surface area contributed by atoms with Crippen LogP contribution in [0.4, 0.5) is 0 Å². The molecule has 5 nitrogen and oxygen atoms in total. The van der Waals surface area contributed by atoms with E-state index >= 15 is 0 Å². The van der Waals surface area contributed by atoms with Crippen LogP contribution in [-0.2, 0) is 19.5 Å². The molecule has 0 fully saturated rings. The van der Waals surface area contributed by atoms with Crippen LogP contribution in [0.2, 0.25) is 5.02 Å². The van der Waals surface area contributed by atoms with Crippen molar-refractivity contribution in [3.8, 4) is 5.75 Å². The van der Waals surface area contributed by atoms with E-state index in [0.717, 1.165) is 28.5 Å². The van der Waals surface area contributed by atoms with Gasteiger partial charge in [0.1, 0.15) is 18.1 Å². The number of rotatable bonds is 3. The topological polar surface area (TPSA) is 55.6 Å². The minimum absolute atomic E-state index is 0.347. The third-order valence-electron chi connectivity index (χ3n) is 4.43. The average Bonchev–Trinajstić information content (AvgIpc) is 2.63. The van der Waals surface area contributed by atoms with Crippen molar-refractivity contribution in [1.29, 1.82) is 0 Å². The molecular weight excluding hydrogens is 340 g/mol. The molecule has 0 saturated carbocycles. The molecule has 0 radical (unpaired) electrons. The van der Waals surface area contributed by atoms with E-state index in [1.165, 1.54) is 6.07 Å². The first-order chi connectivity index (χ1) is 12.2. The summed E-state index contributed by atoms with van der Waals surface area (Å²) in [4.78, 5) is 18.1. The lowest BCUT2D eigenvalue weighted by molar-refractivity contribution is 0.0890. The van der Waals surface area contributed by atoms with Gasteiger partial charge in [0.15, 0.2) is 0 Å². The lowest BCUT2D eigenvalue weighted by Crippen LogP contribution is -2.32. The highest BCUT2D eigenvalue weighted by atomic mass is 35.5. The maximum atomic E-state index is 11.9. The van der Waals surface area contributed by atoms with Gasteiger partial charge in [-0.1, -0.05) is 18.5 Å². The number of hydrogen-bond acceptors (Lipinski definition) is 5. The molecule has 0 N–H and O–H groups in total. The fraction of sp³-hybridized carbons (Fsp3) is 0.263. The molecule has 0 unspecified atom stereocenters. The van der Waals surface area contributed by atoms with Crippen molar-refractivity contribution in [2.75, 3.05) is 6.73 Å². The van der Waals surface area contributed by atoms with Crippen LogP contribution in [0.5, 0.6) is 5.75 Å². The SMILES string of the molecule is CCc1cc(=O)oc2c3c(c(Cl)cc12)OCN(Cc1ccncc1)C3. The van der Waals surface area contributed by atoms with Crippen molar-refractivity contribution in [3.05, 3.63) is 68.8 Å². The minimum atomic E-state index is -0.347. The van der Waals surface area contributed by atoms with Crippen LogP contribution < -0.4 is 10.4 Å². The molecule has 2 aromatic heterocycles. The number of halogens is 1. The monoisotopic (exact) mass is 356 g/mol. The van der Waals surface area contributed by atoms with Gasteiger partial charge in [0, 0.05) is 36.9 Å². The van der Waals surface area contributed by atoms with E-state index in [9.17, 15) is 4.79 Å². The van der Waals surface area contributed by atoms with E-state index in [-0.39, 0.29) is 5.63 Å². The summed E-state index contributed by atoms with van der Waals surface area (Å²) in [5, 5.41) is 1.43. The Bertz CT molecular complexity index is 985. The number of ether oxygens (including phenoxy) is 1. The first kappa shape index (κ1) is 16.1. The zero-order valence-electron chi connectivity index (χ0n) is 13.8. The predicted molar refractivity (Wildman–Crippen MR) is 95.9 cm³/mol. The molecule has 1 aliphatic rings. The van der Waals surface area contributed by atoms with Crippen molar-refractivity contribution in [1.82, 2.24) is 9.88 Å². The van der Waals surface area contributed by atoms with Crippen molar-refractivity contribution in [3.63, 3.8) is 0 Å². The largest absolute Gasteiger partial charge is 0.476 e. The van der Waals surface area contributed by atoms with Crippen molar-refractivity contribution in [2.45, 2.75) is 26.4 Å². The number of nitrogens with zero attached hydrogens (tertiary/aromatic N) is 2. The third kappa shape index (κ3) is 3.01. The molecule has 1 aromatic carbocycles. The molecule has 1 aliphatic heterocycles. The Morgan fingerprint density at radius 2 is 2.08 bits per heavy atom. The first-order valence-corrected chi connectivity index (χ1v) is 8.55. The number of benzene rings is 1. The van der Waals surface area contributed by atoms with Gasteiger partial charge in [-0.05, 0) is 35.7 Å². The summed E-state index contributed by atoms with van der Waals surface area (Å²) in [5.74, 6) is 0.608. The van der Waals surface area contributed by atoms with Crippen molar-refractivity contribution >= 4 is 22.6 Å². The normalized spacial score (nSPS) is 14.3. The van der Waals surface area contributed by atoms with Gasteiger partial charge in [0.25, 0.3) is 0 Å². The summed E-state index contributed by atoms with van der Waals surface area (Å²) in [6, 6.07) is 7.31. The van der Waals surface area contributed by atoms with Gasteiger partial charge in [-0.15, -0.1) is 0 Å². The molecule has 4 rings (SSSR count). The summed E-state index contributed by atoms with van der Waals surface area (Å²) in [7, 11) is 0. The molecule has 3 aromatic rings. The smallest absolute Gasteiger partial charge is 0.336 e. The highest BCUT2D eigenvalue weighted by Gasteiger charge is 2.25. The molecule has 0 bridgehead atoms. The number of pyridine rings is 1. The Hall–Kier alpha value is -2.37. The van der Waals surface area contributed by atoms with Crippen molar-refractivity contribution < 1.29 is 9.15 Å². The Balaban J connectivity index is 1.78. The molecule has 128 valence electrons. The van der Waals surface area contributed by atoms with Gasteiger partial charge in [-0.25, -0.2) is 4.79 Å². The molecule has 3 heterocycles. The second kappa shape index (κ2) is 6.50. The van der Waals surface area contributed by atoms with E-state index in [2.05, 4.69) is 9.88 Å². The molecule has 0 aliphatic carbocycles. The van der Waals surface area contributed by atoms with Gasteiger partial charge in [-0.2, -0.15) is 0 Å². The van der Waals surface area contributed by atoms with Gasteiger partial charge in [0.05, 0.1) is 10.6 Å². The highest BCUT2D eigenvalue weighted by Crippen LogP contribution is 2.39. The summed E-state index contributed by atoms with van der Waals surface area (Å²) in [6.07, 6.45) is 4.28. The highest BCUT2D eigenvalue weighted by molar-refractivity contribution is 6.33. The Labute approximate surface area is 149 Å². The zero-order valence-corrected chi connectivity index (χ0v) is 14.5. The van der Waals surface area contributed by atoms with Crippen LogP contribution in [0.1, 0.15) is 23.6 Å². The van der Waals surface area contributed by atoms with Crippen LogP contribution >= 0.6 is 11.6 Å². The Morgan fingerprint density at radius 3 is 2.84 bits per heavy atom. The maximum Gasteiger partial charge on any atom is 0.336 e. The molecule has 0 amide bonds. The summed E-state index contributed by atoms with van der Waals surface area (Å²) >= 11 is 6.43. The fourth-order valence-electron chi connectivity index (χ4n) is 3.24. The van der Waals surface area contributed by atoms with Gasteiger partial charge < -0.3 is 9.15 Å². The van der Waals surface area contributed by atoms with Crippen molar-refractivity contribution in [2.24, 2.45) is 0 Å². The standard InChI is InChI=1S/C19H17ClN2O3/c1-2-13-7-17(23)25-18-14(13)8-16(20)19-15(18)10-22(11-24-19)9-12-3-5-21-6-4-12/h3-8H,2,9-11H2,1H3. The second-order valence-corrected chi connectivity index (χ2v) is 6.51. The first-order valence-electron chi connectivity index (χ1n) is 8.18. The van der Waals surface area contributed by atoms with Crippen LogP contribution in [-0.4, -0.2) is 16.6 Å². The van der Waals surface area contributed by atoms with Crippen LogP contribution in [0, 0.1) is 0 Å². The van der Waals surface area contributed by atoms with Gasteiger partial charge in [-0.3, -0.25) is 9.88 Å². The minimum Gasteiger partial charge on any atom is -0.476 e. The summed E-state index contributed by atoms with van der Waals surface area (Å²) in [5.41, 5.74) is 3.13. The van der Waals surface area contributed by atoms with Crippen LogP contribution in [0.15, 0.2) is 45.9 Å². The Morgan fingerprint density at radius 1 is 1.28 bits per heavy atom. The molecular formula is C19H17ClN2O3. The molecule has 0 atom stereocenters. The zero-order chi connectivity index (χ0) is 17.4. The number of aryl methyl sites for hydroxylation is 1. The summed E-state index contributed by atoms with van der Waals surface area (Å²) in [6.45, 7) is 3.75. The van der Waals surface area contributed by atoms with E-state index in [4.69, 9.17) is 20.8 Å². The van der Waals surface area contributed by atoms with Gasteiger partial charge in [0.2, 0.25) is 0 Å². The third-order valence-corrected chi connectivity index (χ3v) is 4.71. The average molecular weight is 357 g/mol. The second-order valence-electron chi connectivity index (χ2n) is 6.10. The van der Waals surface area contributed by atoms with E-state index in [1.54, 1.807) is 12.4 Å². The lowest BCUT2D eigenvalue weighted by atomic mass is 10.0. The van der Waals surface area contributed by atoms with Crippen LogP contribution in [0.25, 0.3) is 11.0 Å². The number of aromatic nitrogens is 1. The van der Waals surface area contributed by atoms with E-state index < -0.39 is 0 Å². The molecule has 0 spiro atoms. The fourth-order valence-corrected chi connectivity index (χ4v) is 3.52. The van der Waals surface area contributed by atoms with Gasteiger partial charge >= 0.3 is 5.63 Å². The number of fused-ring (bicyclic) bond motifs is 3. The predicted octanol–water partition coefficient (Wildman–Crippen LogP) is 3.76. The van der Waals surface area contributed by atoms with Crippen LogP contribution in [0.3, 0.4) is 0 Å². The molecule has 25 heavy (non-hydrogen) atoms. The summed E-state index contributed by atoms with van der Waals surface area (Å²) < 4.78 is 11.4. The number of hydrogen-bond donors (Lipinski definition) is 0. The van der Waals surface area contributed by atoms with E-state index in [1.807, 2.05) is 25.1 Å². The quantitative estimate of drug-likeness (QED) is 0.669. The molecule has 6 heteroatoms. The maximum absolute atomic E-state index is 11.9. The molecule has 0 saturated heterocycles. The Kier molecular flexibility index (Phi) is 4.19. The van der Waals surface area contributed by atoms with E-state index in [0.29, 0.717) is 36.2 Å². The lowest BCUT2D eigenvalue weighted by Gasteiger charge is -2.30.